The maximum Gasteiger partial charge on any atom is 0.256 e. The minimum Gasteiger partial charge on any atom is -0.504 e. The molecule has 0 aliphatic carbocycles. The van der Waals surface area contributed by atoms with E-state index in [1.165, 1.54) is 18.7 Å². The molecule has 0 saturated carbocycles. The summed E-state index contributed by atoms with van der Waals surface area (Å²) in [6.07, 6.45) is 4.88. The topological polar surface area (TPSA) is 62.1 Å². The molecule has 21 heavy (non-hydrogen) atoms. The average molecular weight is 286 g/mol. The van der Waals surface area contributed by atoms with E-state index >= 15 is 0 Å². The van der Waals surface area contributed by atoms with Gasteiger partial charge in [0.05, 0.1) is 18.4 Å². The van der Waals surface area contributed by atoms with Gasteiger partial charge in [-0.3, -0.25) is 9.79 Å². The number of ether oxygens (including phenoxy) is 1. The van der Waals surface area contributed by atoms with E-state index in [2.05, 4.69) is 11.1 Å². The normalized spacial score (nSPS) is 22.8. The second-order valence-electron chi connectivity index (χ2n) is 5.42. The van der Waals surface area contributed by atoms with E-state index in [-0.39, 0.29) is 23.3 Å². The van der Waals surface area contributed by atoms with Crippen molar-refractivity contribution >= 4 is 17.8 Å². The maximum absolute atomic E-state index is 12.7. The van der Waals surface area contributed by atoms with Gasteiger partial charge in [-0.1, -0.05) is 11.6 Å². The van der Waals surface area contributed by atoms with E-state index in [0.29, 0.717) is 24.3 Å². The van der Waals surface area contributed by atoms with Crippen LogP contribution in [-0.4, -0.2) is 42.3 Å². The number of methoxy groups -OCH3 is 1. The molecule has 110 valence electrons. The first-order valence-electron chi connectivity index (χ1n) is 7.01. The van der Waals surface area contributed by atoms with Crippen LogP contribution >= 0.6 is 0 Å². The Morgan fingerprint density at radius 2 is 2.29 bits per heavy atom. The number of phenols is 1. The second kappa shape index (κ2) is 5.24. The number of allylic oxidation sites excluding steroid dienone is 1. The van der Waals surface area contributed by atoms with Crippen molar-refractivity contribution in [1.82, 2.24) is 4.90 Å². The number of rotatable bonds is 1. The molecule has 2 heterocycles. The van der Waals surface area contributed by atoms with E-state index < -0.39 is 0 Å². The molecular formula is C16H18N2O3. The van der Waals surface area contributed by atoms with Crippen LogP contribution in [0.3, 0.4) is 0 Å². The number of amides is 1. The van der Waals surface area contributed by atoms with E-state index in [1.54, 1.807) is 6.07 Å². The van der Waals surface area contributed by atoms with Crippen LogP contribution in [0.5, 0.6) is 11.5 Å². The van der Waals surface area contributed by atoms with Crippen molar-refractivity contribution in [2.75, 3.05) is 20.2 Å². The van der Waals surface area contributed by atoms with Crippen molar-refractivity contribution in [3.8, 4) is 11.5 Å². The van der Waals surface area contributed by atoms with Crippen LogP contribution in [0, 0.1) is 5.92 Å². The van der Waals surface area contributed by atoms with Crippen LogP contribution in [0.1, 0.15) is 23.7 Å². The number of hydrogen-bond donors (Lipinski definition) is 1. The summed E-state index contributed by atoms with van der Waals surface area (Å²) in [6, 6.07) is 3.05. The van der Waals surface area contributed by atoms with Crippen LogP contribution in [0.15, 0.2) is 28.8 Å². The molecule has 0 radical (unpaired) electrons. The lowest BCUT2D eigenvalue weighted by molar-refractivity contribution is 0.0736. The SMILES string of the molecule is C/C=C1\C[C@@H]2C=Nc3cc(O)c(OC)cc3C(=O)N(C1)C2. The van der Waals surface area contributed by atoms with Gasteiger partial charge in [-0.2, -0.15) is 0 Å². The Bertz CT molecular complexity index is 649. The van der Waals surface area contributed by atoms with Crippen molar-refractivity contribution in [3.05, 3.63) is 29.3 Å². The minimum atomic E-state index is -0.0656. The number of carbonyl (C=O) groups is 1. The highest BCUT2D eigenvalue weighted by molar-refractivity contribution is 6.01. The number of nitrogens with zero attached hydrogens (tertiary/aromatic N) is 2. The summed E-state index contributed by atoms with van der Waals surface area (Å²) in [4.78, 5) is 19.0. The third kappa shape index (κ3) is 2.39. The first-order chi connectivity index (χ1) is 10.1. The Morgan fingerprint density at radius 3 is 3.00 bits per heavy atom. The number of aliphatic imine (C=N–C) groups is 1. The molecule has 2 bridgehead atoms. The van der Waals surface area contributed by atoms with Crippen molar-refractivity contribution in [2.24, 2.45) is 10.9 Å². The Kier molecular flexibility index (Phi) is 3.41. The van der Waals surface area contributed by atoms with Crippen LogP contribution in [0.25, 0.3) is 0 Å². The standard InChI is InChI=1S/C16H18N2O3/c1-3-10-4-11-7-17-13-6-14(19)15(21-2)5-12(13)16(20)18(8-10)9-11/h3,5-7,11,19H,4,8-9H2,1-2H3/b10-3+,17-7?/t11-/m1/s1. The van der Waals surface area contributed by atoms with E-state index in [9.17, 15) is 9.90 Å². The van der Waals surface area contributed by atoms with Crippen LogP contribution in [0.2, 0.25) is 0 Å². The van der Waals surface area contributed by atoms with Crippen LogP contribution < -0.4 is 4.74 Å². The predicted molar refractivity (Wildman–Crippen MR) is 80.6 cm³/mol. The Labute approximate surface area is 123 Å². The molecule has 1 N–H and O–H groups in total. The minimum absolute atomic E-state index is 0.00363. The number of phenolic OH excluding ortho intramolecular Hbond substituents is 1. The van der Waals surface area contributed by atoms with Gasteiger partial charge in [0.2, 0.25) is 0 Å². The van der Waals surface area contributed by atoms with Crippen molar-refractivity contribution in [1.29, 1.82) is 0 Å². The highest BCUT2D eigenvalue weighted by atomic mass is 16.5. The van der Waals surface area contributed by atoms with Crippen LogP contribution in [0.4, 0.5) is 5.69 Å². The number of carbonyl (C=O) groups excluding carboxylic acids is 1. The summed E-state index contributed by atoms with van der Waals surface area (Å²) < 4.78 is 5.09. The number of fused-ring (bicyclic) bond motifs is 3. The monoisotopic (exact) mass is 286 g/mol. The predicted octanol–water partition coefficient (Wildman–Crippen LogP) is 2.53. The van der Waals surface area contributed by atoms with Gasteiger partial charge in [0.1, 0.15) is 0 Å². The lowest BCUT2D eigenvalue weighted by Gasteiger charge is -2.34. The third-order valence-corrected chi connectivity index (χ3v) is 4.02. The van der Waals surface area contributed by atoms with Gasteiger partial charge in [0, 0.05) is 31.3 Å². The highest BCUT2D eigenvalue weighted by Gasteiger charge is 2.29. The fourth-order valence-electron chi connectivity index (χ4n) is 2.88. The Balaban J connectivity index is 2.10. The molecule has 0 aromatic heterocycles. The molecule has 1 saturated heterocycles. The summed E-state index contributed by atoms with van der Waals surface area (Å²) in [6.45, 7) is 3.34. The van der Waals surface area contributed by atoms with E-state index in [4.69, 9.17) is 4.74 Å². The number of aromatic hydroxyl groups is 1. The molecule has 2 aliphatic rings. The molecule has 1 fully saturated rings. The summed E-state index contributed by atoms with van der Waals surface area (Å²) in [7, 11) is 1.47. The third-order valence-electron chi connectivity index (χ3n) is 4.02. The molecule has 1 atom stereocenters. The van der Waals surface area contributed by atoms with Crippen molar-refractivity contribution < 1.29 is 14.6 Å². The summed E-state index contributed by atoms with van der Waals surface area (Å²) in [5, 5.41) is 9.87. The largest absolute Gasteiger partial charge is 0.504 e. The van der Waals surface area contributed by atoms with Gasteiger partial charge in [0.25, 0.3) is 5.91 Å². The zero-order chi connectivity index (χ0) is 15.0. The number of hydrogen-bond acceptors (Lipinski definition) is 4. The fraction of sp³-hybridized carbons (Fsp3) is 0.375. The lowest BCUT2D eigenvalue weighted by Crippen LogP contribution is -2.42. The summed E-state index contributed by atoms with van der Waals surface area (Å²) >= 11 is 0. The van der Waals surface area contributed by atoms with Gasteiger partial charge in [-0.05, 0) is 19.4 Å². The second-order valence-corrected chi connectivity index (χ2v) is 5.42. The van der Waals surface area contributed by atoms with Gasteiger partial charge in [-0.25, -0.2) is 0 Å². The van der Waals surface area contributed by atoms with Crippen molar-refractivity contribution in [3.63, 3.8) is 0 Å². The summed E-state index contributed by atoms with van der Waals surface area (Å²) in [5.74, 6) is 0.448. The van der Waals surface area contributed by atoms with Crippen LogP contribution in [-0.2, 0) is 0 Å². The Morgan fingerprint density at radius 1 is 1.48 bits per heavy atom. The first-order valence-corrected chi connectivity index (χ1v) is 7.01. The molecular weight excluding hydrogens is 268 g/mol. The van der Waals surface area contributed by atoms with Gasteiger partial charge >= 0.3 is 0 Å². The van der Waals surface area contributed by atoms with E-state index in [1.807, 2.05) is 18.0 Å². The van der Waals surface area contributed by atoms with Gasteiger partial charge < -0.3 is 14.7 Å². The smallest absolute Gasteiger partial charge is 0.256 e. The number of benzene rings is 1. The summed E-state index contributed by atoms with van der Waals surface area (Å²) in [5.41, 5.74) is 2.22. The quantitative estimate of drug-likeness (QED) is 0.807. The molecule has 1 aromatic rings. The van der Waals surface area contributed by atoms with Crippen molar-refractivity contribution in [2.45, 2.75) is 13.3 Å². The lowest BCUT2D eigenvalue weighted by atomic mass is 9.93. The number of piperidine rings is 1. The van der Waals surface area contributed by atoms with Gasteiger partial charge in [0.15, 0.2) is 11.5 Å². The molecule has 5 heteroatoms. The molecule has 0 unspecified atom stereocenters. The molecule has 0 spiro atoms. The molecule has 2 aliphatic heterocycles. The Hall–Kier alpha value is -2.30. The van der Waals surface area contributed by atoms with Gasteiger partial charge in [-0.15, -0.1) is 0 Å². The molecule has 1 amide bonds. The zero-order valence-electron chi connectivity index (χ0n) is 12.2. The zero-order valence-corrected chi connectivity index (χ0v) is 12.2. The van der Waals surface area contributed by atoms with E-state index in [0.717, 1.165) is 6.42 Å². The fourth-order valence-corrected chi connectivity index (χ4v) is 2.88. The molecule has 3 rings (SSSR count). The average Bonchev–Trinajstić information content (AvgIpc) is 2.51. The first kappa shape index (κ1) is 13.7. The molecule has 5 nitrogen and oxygen atoms in total. The maximum atomic E-state index is 12.7. The highest BCUT2D eigenvalue weighted by Crippen LogP contribution is 2.36. The molecule has 1 aromatic carbocycles.